The number of aryl methyl sites for hydroxylation is 2. The number of benzene rings is 3. The van der Waals surface area contributed by atoms with E-state index in [9.17, 15) is 13.2 Å². The number of sulfonamides is 1. The Morgan fingerprint density at radius 1 is 0.931 bits per heavy atom. The van der Waals surface area contributed by atoms with Crippen LogP contribution in [0.4, 0.5) is 11.4 Å². The second kappa shape index (κ2) is 8.27. The van der Waals surface area contributed by atoms with E-state index in [0.717, 1.165) is 15.4 Å². The molecule has 7 heteroatoms. The van der Waals surface area contributed by atoms with E-state index in [4.69, 9.17) is 11.6 Å². The van der Waals surface area contributed by atoms with Gasteiger partial charge in [-0.15, -0.1) is 0 Å². The molecule has 0 bridgehead atoms. The summed E-state index contributed by atoms with van der Waals surface area (Å²) in [6.45, 7) is 3.98. The second-order valence-electron chi connectivity index (χ2n) is 6.73. The Morgan fingerprint density at radius 2 is 1.62 bits per heavy atom. The maximum atomic E-state index is 12.9. The first-order valence-electron chi connectivity index (χ1n) is 8.91. The van der Waals surface area contributed by atoms with Crippen molar-refractivity contribution in [3.05, 3.63) is 88.4 Å². The van der Waals surface area contributed by atoms with Gasteiger partial charge in [0.15, 0.2) is 0 Å². The lowest BCUT2D eigenvalue weighted by atomic mass is 10.1. The number of anilines is 2. The van der Waals surface area contributed by atoms with Gasteiger partial charge in [0.05, 0.1) is 10.6 Å². The van der Waals surface area contributed by atoms with E-state index in [-0.39, 0.29) is 10.8 Å². The molecule has 0 radical (unpaired) electrons. The van der Waals surface area contributed by atoms with Gasteiger partial charge < -0.3 is 5.32 Å². The summed E-state index contributed by atoms with van der Waals surface area (Å²) >= 11 is 5.85. The first-order valence-corrected chi connectivity index (χ1v) is 10.7. The number of carbonyl (C=O) groups excluding carboxylic acids is 1. The zero-order valence-corrected chi connectivity index (χ0v) is 17.9. The van der Waals surface area contributed by atoms with Crippen LogP contribution in [0.3, 0.4) is 0 Å². The Morgan fingerprint density at radius 3 is 2.28 bits per heavy atom. The first-order chi connectivity index (χ1) is 13.7. The maximum absolute atomic E-state index is 12.9. The van der Waals surface area contributed by atoms with Gasteiger partial charge in [-0.25, -0.2) is 8.42 Å². The molecule has 0 fully saturated rings. The number of amides is 1. The van der Waals surface area contributed by atoms with Gasteiger partial charge in [0.1, 0.15) is 0 Å². The lowest BCUT2D eigenvalue weighted by Gasteiger charge is -2.20. The normalized spacial score (nSPS) is 11.2. The Balaban J connectivity index is 1.85. The second-order valence-corrected chi connectivity index (χ2v) is 9.14. The molecule has 29 heavy (non-hydrogen) atoms. The molecule has 0 aliphatic rings. The van der Waals surface area contributed by atoms with Gasteiger partial charge in [0, 0.05) is 23.3 Å². The summed E-state index contributed by atoms with van der Waals surface area (Å²) in [5, 5.41) is 3.30. The summed E-state index contributed by atoms with van der Waals surface area (Å²) in [6, 6.07) is 18.1. The molecule has 3 rings (SSSR count). The van der Waals surface area contributed by atoms with Crippen molar-refractivity contribution in [2.75, 3.05) is 16.7 Å². The predicted molar refractivity (Wildman–Crippen MR) is 117 cm³/mol. The van der Waals surface area contributed by atoms with Gasteiger partial charge >= 0.3 is 0 Å². The molecule has 1 N–H and O–H groups in total. The lowest BCUT2D eigenvalue weighted by molar-refractivity contribution is 0.102. The van der Waals surface area contributed by atoms with E-state index in [1.165, 1.54) is 31.3 Å². The van der Waals surface area contributed by atoms with Crippen LogP contribution in [0.2, 0.25) is 5.02 Å². The molecule has 0 aromatic heterocycles. The maximum Gasteiger partial charge on any atom is 0.264 e. The fourth-order valence-corrected chi connectivity index (χ4v) is 4.08. The third kappa shape index (κ3) is 4.60. The van der Waals surface area contributed by atoms with Crippen molar-refractivity contribution in [3.63, 3.8) is 0 Å². The number of rotatable bonds is 5. The molecule has 3 aromatic carbocycles. The summed E-state index contributed by atoms with van der Waals surface area (Å²) in [6.07, 6.45) is 0. The van der Waals surface area contributed by atoms with Crippen molar-refractivity contribution >= 4 is 38.9 Å². The van der Waals surface area contributed by atoms with Crippen LogP contribution in [0.1, 0.15) is 21.5 Å². The van der Waals surface area contributed by atoms with Crippen molar-refractivity contribution in [2.24, 2.45) is 0 Å². The third-order valence-electron chi connectivity index (χ3n) is 4.71. The molecule has 0 atom stereocenters. The van der Waals surface area contributed by atoms with Crippen LogP contribution in [0, 0.1) is 13.8 Å². The average molecular weight is 429 g/mol. The van der Waals surface area contributed by atoms with Gasteiger partial charge in [0.2, 0.25) is 0 Å². The highest BCUT2D eigenvalue weighted by Gasteiger charge is 2.22. The number of hydrogen-bond acceptors (Lipinski definition) is 3. The van der Waals surface area contributed by atoms with Crippen molar-refractivity contribution < 1.29 is 13.2 Å². The number of nitrogens with one attached hydrogen (secondary N) is 1. The Hall–Kier alpha value is -2.83. The molecular weight excluding hydrogens is 408 g/mol. The van der Waals surface area contributed by atoms with Crippen LogP contribution in [-0.4, -0.2) is 21.4 Å². The minimum absolute atomic E-state index is 0.120. The minimum Gasteiger partial charge on any atom is -0.322 e. The van der Waals surface area contributed by atoms with E-state index in [0.29, 0.717) is 22.0 Å². The fourth-order valence-electron chi connectivity index (χ4n) is 2.77. The molecule has 0 unspecified atom stereocenters. The van der Waals surface area contributed by atoms with Gasteiger partial charge in [-0.05, 0) is 79.6 Å². The number of halogens is 1. The van der Waals surface area contributed by atoms with Crippen LogP contribution in [-0.2, 0) is 10.0 Å². The van der Waals surface area contributed by atoms with Crippen LogP contribution < -0.4 is 9.62 Å². The molecular formula is C22H21ClN2O3S. The van der Waals surface area contributed by atoms with Gasteiger partial charge in [-0.2, -0.15) is 0 Å². The Bertz CT molecular complexity index is 1160. The molecule has 0 heterocycles. The monoisotopic (exact) mass is 428 g/mol. The van der Waals surface area contributed by atoms with Crippen LogP contribution in [0.15, 0.2) is 71.6 Å². The third-order valence-corrected chi connectivity index (χ3v) is 6.76. The molecule has 0 aliphatic heterocycles. The van der Waals surface area contributed by atoms with E-state index >= 15 is 0 Å². The number of carbonyl (C=O) groups is 1. The quantitative estimate of drug-likeness (QED) is 0.619. The zero-order chi connectivity index (χ0) is 21.2. The van der Waals surface area contributed by atoms with E-state index in [1.54, 1.807) is 24.3 Å². The highest BCUT2D eigenvalue weighted by molar-refractivity contribution is 7.92. The summed E-state index contributed by atoms with van der Waals surface area (Å²) in [5.41, 5.74) is 3.64. The molecule has 0 spiro atoms. The number of nitrogens with zero attached hydrogens (tertiary/aromatic N) is 1. The topological polar surface area (TPSA) is 66.5 Å². The van der Waals surface area contributed by atoms with Gasteiger partial charge in [-0.3, -0.25) is 9.10 Å². The molecule has 0 saturated heterocycles. The van der Waals surface area contributed by atoms with Gasteiger partial charge in [-0.1, -0.05) is 23.7 Å². The standard InChI is InChI=1S/C22H21ClN2O3S/c1-15-7-10-19(13-16(15)2)24-22(26)17-5-4-6-20(14-17)25(3)29(27,28)21-11-8-18(23)9-12-21/h4-14H,1-3H3,(H,24,26). The molecule has 0 aliphatic carbocycles. The summed E-state index contributed by atoms with van der Waals surface area (Å²) in [4.78, 5) is 12.8. The minimum atomic E-state index is -3.78. The fraction of sp³-hybridized carbons (Fsp3) is 0.136. The van der Waals surface area contributed by atoms with Crippen molar-refractivity contribution in [1.82, 2.24) is 0 Å². The summed E-state index contributed by atoms with van der Waals surface area (Å²) in [5.74, 6) is -0.313. The zero-order valence-electron chi connectivity index (χ0n) is 16.3. The van der Waals surface area contributed by atoms with E-state index in [1.807, 2.05) is 32.0 Å². The van der Waals surface area contributed by atoms with E-state index < -0.39 is 10.0 Å². The molecule has 5 nitrogen and oxygen atoms in total. The predicted octanol–water partition coefficient (Wildman–Crippen LogP) is 5.03. The van der Waals surface area contributed by atoms with Gasteiger partial charge in [0.25, 0.3) is 15.9 Å². The van der Waals surface area contributed by atoms with Crippen LogP contribution in [0.25, 0.3) is 0 Å². The van der Waals surface area contributed by atoms with Crippen LogP contribution >= 0.6 is 11.6 Å². The van der Waals surface area contributed by atoms with E-state index in [2.05, 4.69) is 5.32 Å². The highest BCUT2D eigenvalue weighted by atomic mass is 35.5. The molecule has 150 valence electrons. The molecule has 1 amide bonds. The number of hydrogen-bond donors (Lipinski definition) is 1. The SMILES string of the molecule is Cc1ccc(NC(=O)c2cccc(N(C)S(=O)(=O)c3ccc(Cl)cc3)c2)cc1C. The Labute approximate surface area is 176 Å². The Kier molecular flexibility index (Phi) is 5.96. The average Bonchev–Trinajstić information content (AvgIpc) is 2.70. The summed E-state index contributed by atoms with van der Waals surface area (Å²) < 4.78 is 26.9. The van der Waals surface area contributed by atoms with Crippen LogP contribution in [0.5, 0.6) is 0 Å². The molecule has 0 saturated carbocycles. The summed E-state index contributed by atoms with van der Waals surface area (Å²) in [7, 11) is -2.33. The largest absolute Gasteiger partial charge is 0.322 e. The lowest BCUT2D eigenvalue weighted by Crippen LogP contribution is -2.26. The molecule has 3 aromatic rings. The smallest absolute Gasteiger partial charge is 0.264 e. The van der Waals surface area contributed by atoms with Crippen molar-refractivity contribution in [1.29, 1.82) is 0 Å². The van der Waals surface area contributed by atoms with Crippen molar-refractivity contribution in [3.8, 4) is 0 Å². The highest BCUT2D eigenvalue weighted by Crippen LogP contribution is 2.24. The first kappa shape index (κ1) is 20.9. The van der Waals surface area contributed by atoms with Crippen molar-refractivity contribution in [2.45, 2.75) is 18.7 Å².